The number of hydrogen-bond acceptors (Lipinski definition) is 4. The zero-order valence-corrected chi connectivity index (χ0v) is 12.8. The van der Waals surface area contributed by atoms with Gasteiger partial charge < -0.3 is 14.8 Å². The van der Waals surface area contributed by atoms with Crippen LogP contribution in [-0.4, -0.2) is 44.4 Å². The van der Waals surface area contributed by atoms with E-state index in [9.17, 15) is 4.79 Å². The van der Waals surface area contributed by atoms with E-state index in [-0.39, 0.29) is 16.1 Å². The summed E-state index contributed by atoms with van der Waals surface area (Å²) in [7, 11) is 1.64. The van der Waals surface area contributed by atoms with Crippen LogP contribution in [0.15, 0.2) is 12.3 Å². The molecule has 1 aromatic rings. The number of unbranched alkanes of at least 4 members (excludes halogenated alkanes) is 1. The normalized spacial score (nSPS) is 10.6. The first kappa shape index (κ1) is 17.2. The van der Waals surface area contributed by atoms with Gasteiger partial charge in [-0.3, -0.25) is 4.79 Å². The lowest BCUT2D eigenvalue weighted by molar-refractivity contribution is 0.0686. The number of nitrogens with one attached hydrogen (secondary N) is 1. The Morgan fingerprint density at radius 3 is 2.80 bits per heavy atom. The first-order chi connectivity index (χ1) is 9.65. The van der Waals surface area contributed by atoms with Crippen molar-refractivity contribution in [3.63, 3.8) is 0 Å². The third kappa shape index (κ3) is 6.52. The van der Waals surface area contributed by atoms with Crippen molar-refractivity contribution >= 4 is 29.1 Å². The molecule has 0 aromatic carbocycles. The van der Waals surface area contributed by atoms with Gasteiger partial charge in [0.15, 0.2) is 0 Å². The van der Waals surface area contributed by atoms with E-state index in [0.717, 1.165) is 12.8 Å². The highest BCUT2D eigenvalue weighted by molar-refractivity contribution is 6.41. The highest BCUT2D eigenvalue weighted by atomic mass is 35.5. The molecule has 1 heterocycles. The van der Waals surface area contributed by atoms with Crippen molar-refractivity contribution in [2.24, 2.45) is 0 Å². The summed E-state index contributed by atoms with van der Waals surface area (Å²) in [5, 5.41) is 3.25. The molecule has 5 nitrogen and oxygen atoms in total. The monoisotopic (exact) mass is 320 g/mol. The summed E-state index contributed by atoms with van der Waals surface area (Å²) in [6.45, 7) is 2.43. The summed E-state index contributed by atoms with van der Waals surface area (Å²) in [4.78, 5) is 15.6. The minimum absolute atomic E-state index is 0.191. The average molecular weight is 321 g/mol. The van der Waals surface area contributed by atoms with E-state index in [4.69, 9.17) is 32.7 Å². The van der Waals surface area contributed by atoms with Crippen LogP contribution >= 0.6 is 23.2 Å². The third-order valence-electron chi connectivity index (χ3n) is 2.49. The van der Waals surface area contributed by atoms with E-state index in [2.05, 4.69) is 10.3 Å². The van der Waals surface area contributed by atoms with Gasteiger partial charge in [-0.2, -0.15) is 0 Å². The highest BCUT2D eigenvalue weighted by Gasteiger charge is 2.08. The summed E-state index contributed by atoms with van der Waals surface area (Å²) in [6, 6.07) is 1.50. The van der Waals surface area contributed by atoms with Crippen LogP contribution in [-0.2, 0) is 9.47 Å². The molecule has 0 saturated carbocycles. The Bertz CT molecular complexity index is 430. The number of carbonyl (C=O) groups is 1. The van der Waals surface area contributed by atoms with Gasteiger partial charge in [0.1, 0.15) is 5.15 Å². The maximum absolute atomic E-state index is 11.8. The zero-order chi connectivity index (χ0) is 14.8. The van der Waals surface area contributed by atoms with Crippen LogP contribution in [0.5, 0.6) is 0 Å². The van der Waals surface area contributed by atoms with E-state index in [1.165, 1.54) is 12.3 Å². The van der Waals surface area contributed by atoms with Crippen molar-refractivity contribution in [3.05, 3.63) is 28.0 Å². The predicted octanol–water partition coefficient (Wildman–Crippen LogP) is 2.56. The summed E-state index contributed by atoms with van der Waals surface area (Å²) >= 11 is 11.5. The maximum atomic E-state index is 11.8. The van der Waals surface area contributed by atoms with Gasteiger partial charge in [0.25, 0.3) is 5.91 Å². The SMILES string of the molecule is COCCOCCCCNC(=O)c1cnc(Cl)c(Cl)c1. The molecule has 0 aliphatic heterocycles. The van der Waals surface area contributed by atoms with Crippen LogP contribution < -0.4 is 5.32 Å². The Balaban J connectivity index is 2.15. The summed E-state index contributed by atoms with van der Waals surface area (Å²) in [6.07, 6.45) is 3.12. The smallest absolute Gasteiger partial charge is 0.252 e. The van der Waals surface area contributed by atoms with Gasteiger partial charge in [0, 0.05) is 26.5 Å². The molecule has 0 radical (unpaired) electrons. The minimum Gasteiger partial charge on any atom is -0.382 e. The number of hydrogen-bond donors (Lipinski definition) is 1. The van der Waals surface area contributed by atoms with Crippen molar-refractivity contribution in [1.82, 2.24) is 10.3 Å². The number of carbonyl (C=O) groups excluding carboxylic acids is 1. The second-order valence-corrected chi connectivity index (χ2v) is 4.83. The molecule has 0 spiro atoms. The Morgan fingerprint density at radius 2 is 2.10 bits per heavy atom. The molecule has 0 unspecified atom stereocenters. The van der Waals surface area contributed by atoms with Gasteiger partial charge in [0.05, 0.1) is 23.8 Å². The summed E-state index contributed by atoms with van der Waals surface area (Å²) in [5.74, 6) is -0.212. The number of halogens is 2. The standard InChI is InChI=1S/C13H18Cl2N2O3/c1-19-6-7-20-5-3-2-4-16-13(18)10-8-11(14)12(15)17-9-10/h8-9H,2-7H2,1H3,(H,16,18). The molecular weight excluding hydrogens is 303 g/mol. The van der Waals surface area contributed by atoms with E-state index in [1.54, 1.807) is 7.11 Å². The first-order valence-corrected chi connectivity index (χ1v) is 7.06. The molecule has 1 rings (SSSR count). The van der Waals surface area contributed by atoms with Gasteiger partial charge in [-0.15, -0.1) is 0 Å². The number of amides is 1. The molecule has 1 amide bonds. The van der Waals surface area contributed by atoms with Gasteiger partial charge in [-0.05, 0) is 18.9 Å². The Kier molecular flexibility index (Phi) is 8.53. The lowest BCUT2D eigenvalue weighted by Gasteiger charge is -2.06. The summed E-state index contributed by atoms with van der Waals surface area (Å²) in [5.41, 5.74) is 0.399. The fourth-order valence-corrected chi connectivity index (χ4v) is 1.69. The van der Waals surface area contributed by atoms with E-state index in [1.807, 2.05) is 0 Å². The Labute approximate surface area is 128 Å². The number of methoxy groups -OCH3 is 1. The number of rotatable bonds is 9. The largest absolute Gasteiger partial charge is 0.382 e. The third-order valence-corrected chi connectivity index (χ3v) is 3.18. The Morgan fingerprint density at radius 1 is 1.30 bits per heavy atom. The lowest BCUT2D eigenvalue weighted by atomic mass is 10.2. The van der Waals surface area contributed by atoms with Gasteiger partial charge >= 0.3 is 0 Å². The molecule has 0 aliphatic rings. The van der Waals surface area contributed by atoms with Crippen LogP contribution in [0, 0.1) is 0 Å². The van der Waals surface area contributed by atoms with Gasteiger partial charge in [0.2, 0.25) is 0 Å². The quantitative estimate of drug-likeness (QED) is 0.561. The Hall–Kier alpha value is -0.880. The molecule has 7 heteroatoms. The number of aromatic nitrogens is 1. The van der Waals surface area contributed by atoms with Crippen LogP contribution in [0.2, 0.25) is 10.2 Å². The van der Waals surface area contributed by atoms with E-state index in [0.29, 0.717) is 31.9 Å². The summed E-state index contributed by atoms with van der Waals surface area (Å²) < 4.78 is 10.2. The van der Waals surface area contributed by atoms with Crippen molar-refractivity contribution in [1.29, 1.82) is 0 Å². The van der Waals surface area contributed by atoms with Crippen LogP contribution in [0.4, 0.5) is 0 Å². The molecule has 0 saturated heterocycles. The molecule has 20 heavy (non-hydrogen) atoms. The average Bonchev–Trinajstić information content (AvgIpc) is 2.44. The van der Waals surface area contributed by atoms with Gasteiger partial charge in [-0.1, -0.05) is 23.2 Å². The number of pyridine rings is 1. The molecular formula is C13H18Cl2N2O3. The second kappa shape index (κ2) is 9.94. The topological polar surface area (TPSA) is 60.5 Å². The van der Waals surface area contributed by atoms with Crippen molar-refractivity contribution < 1.29 is 14.3 Å². The second-order valence-electron chi connectivity index (χ2n) is 4.06. The fraction of sp³-hybridized carbons (Fsp3) is 0.538. The van der Waals surface area contributed by atoms with Crippen LogP contribution in [0.25, 0.3) is 0 Å². The van der Waals surface area contributed by atoms with E-state index >= 15 is 0 Å². The minimum atomic E-state index is -0.212. The van der Waals surface area contributed by atoms with Gasteiger partial charge in [-0.25, -0.2) is 4.98 Å². The van der Waals surface area contributed by atoms with Crippen molar-refractivity contribution in [2.75, 3.05) is 33.5 Å². The predicted molar refractivity (Wildman–Crippen MR) is 78.5 cm³/mol. The maximum Gasteiger partial charge on any atom is 0.252 e. The number of nitrogens with zero attached hydrogens (tertiary/aromatic N) is 1. The zero-order valence-electron chi connectivity index (χ0n) is 11.3. The first-order valence-electron chi connectivity index (χ1n) is 6.31. The molecule has 0 fully saturated rings. The molecule has 0 aliphatic carbocycles. The highest BCUT2D eigenvalue weighted by Crippen LogP contribution is 2.19. The van der Waals surface area contributed by atoms with Crippen LogP contribution in [0.3, 0.4) is 0 Å². The number of ether oxygens (including phenoxy) is 2. The lowest BCUT2D eigenvalue weighted by Crippen LogP contribution is -2.24. The fourth-order valence-electron chi connectivity index (χ4n) is 1.42. The molecule has 0 atom stereocenters. The molecule has 1 N–H and O–H groups in total. The van der Waals surface area contributed by atoms with Crippen LogP contribution in [0.1, 0.15) is 23.2 Å². The van der Waals surface area contributed by atoms with E-state index < -0.39 is 0 Å². The van der Waals surface area contributed by atoms with Crippen molar-refractivity contribution in [2.45, 2.75) is 12.8 Å². The van der Waals surface area contributed by atoms with Crippen molar-refractivity contribution in [3.8, 4) is 0 Å². The molecule has 112 valence electrons. The molecule has 0 bridgehead atoms. The molecule has 1 aromatic heterocycles.